The van der Waals surface area contributed by atoms with Gasteiger partial charge >= 0.3 is 0 Å². The number of rotatable bonds is 16. The first-order valence-corrected chi connectivity index (χ1v) is 15.1. The Kier molecular flexibility index (Phi) is 13.8. The van der Waals surface area contributed by atoms with Crippen LogP contribution in [-0.4, -0.2) is 59.2 Å². The number of pyridine rings is 1. The van der Waals surface area contributed by atoms with Crippen LogP contribution in [0.3, 0.4) is 0 Å². The fraction of sp³-hybridized carbons (Fsp3) is 0.438. The highest BCUT2D eigenvalue weighted by atomic mass is 16.2. The van der Waals surface area contributed by atoms with E-state index < -0.39 is 41.8 Å². The molecule has 4 amide bonds. The Labute approximate surface area is 258 Å². The van der Waals surface area contributed by atoms with E-state index in [-0.39, 0.29) is 31.3 Å². The molecule has 9 N–H and O–H groups in total. The molecule has 1 fully saturated rings. The Morgan fingerprint density at radius 2 is 1.59 bits per heavy atom. The predicted octanol–water partition coefficient (Wildman–Crippen LogP) is 1.30. The lowest BCUT2D eigenvalue weighted by Crippen LogP contribution is -2.57. The van der Waals surface area contributed by atoms with Crippen molar-refractivity contribution in [2.75, 3.05) is 6.54 Å². The zero-order valence-corrected chi connectivity index (χ0v) is 25.0. The highest BCUT2D eigenvalue weighted by Gasteiger charge is 2.30. The van der Waals surface area contributed by atoms with Crippen LogP contribution in [0.4, 0.5) is 0 Å². The molecule has 1 aliphatic carbocycles. The van der Waals surface area contributed by atoms with Crippen molar-refractivity contribution in [3.05, 3.63) is 72.1 Å². The first kappa shape index (κ1) is 33.8. The van der Waals surface area contributed by atoms with E-state index in [1.54, 1.807) is 24.5 Å². The molecular formula is C32H44N8O4. The molecular weight excluding hydrogens is 560 g/mol. The minimum absolute atomic E-state index is 0.0821. The third-order valence-electron chi connectivity index (χ3n) is 7.56. The molecule has 1 aromatic carbocycles. The standard InChI is InChI=1S/C32H44N8O4/c33-29(42)26(19-22-9-3-1-4-10-22)40-30(43)25(14-8-18-37-32(34)35)39-31(44)27(20-23-11-5-2-6-12-23)38-28(41)16-15-24-13-7-17-36-21-24/h1,3-4,7,9-10,13,15-17,21,23,25-27H,2,5-6,8,11-12,14,18-20H2,(H2,33,42)(H,38,41)(H,39,44)(H,40,43)(H4,34,35,37)/b16-15+/t25-,26-,27-/m0/s1. The van der Waals surface area contributed by atoms with Gasteiger partial charge in [0.05, 0.1) is 0 Å². The minimum atomic E-state index is -1.02. The Hall–Kier alpha value is -4.74. The van der Waals surface area contributed by atoms with Crippen molar-refractivity contribution in [2.24, 2.45) is 28.1 Å². The number of nitrogens with one attached hydrogen (secondary N) is 3. The maximum atomic E-state index is 13.7. The second-order valence-electron chi connectivity index (χ2n) is 11.1. The fourth-order valence-corrected chi connectivity index (χ4v) is 5.24. The summed E-state index contributed by atoms with van der Waals surface area (Å²) in [4.78, 5) is 60.3. The zero-order chi connectivity index (χ0) is 31.7. The summed E-state index contributed by atoms with van der Waals surface area (Å²) in [5.74, 6) is -2.00. The number of hydrogen-bond donors (Lipinski definition) is 6. The molecule has 0 spiro atoms. The van der Waals surface area contributed by atoms with Gasteiger partial charge < -0.3 is 33.2 Å². The third-order valence-corrected chi connectivity index (χ3v) is 7.56. The first-order chi connectivity index (χ1) is 21.2. The Morgan fingerprint density at radius 3 is 2.25 bits per heavy atom. The summed E-state index contributed by atoms with van der Waals surface area (Å²) < 4.78 is 0. The van der Waals surface area contributed by atoms with Crippen LogP contribution in [-0.2, 0) is 25.6 Å². The molecule has 0 unspecified atom stereocenters. The maximum absolute atomic E-state index is 13.7. The zero-order valence-electron chi connectivity index (χ0n) is 25.0. The number of nitrogens with two attached hydrogens (primary N) is 3. The fourth-order valence-electron chi connectivity index (χ4n) is 5.24. The number of carbonyl (C=O) groups excluding carboxylic acids is 4. The topological polar surface area (TPSA) is 208 Å². The number of benzene rings is 1. The normalized spacial score (nSPS) is 15.5. The van der Waals surface area contributed by atoms with Crippen LogP contribution in [0.1, 0.15) is 62.5 Å². The lowest BCUT2D eigenvalue weighted by Gasteiger charge is -2.28. The summed E-state index contributed by atoms with van der Waals surface area (Å²) in [5, 5.41) is 8.35. The van der Waals surface area contributed by atoms with Crippen molar-refractivity contribution in [3.8, 4) is 0 Å². The summed E-state index contributed by atoms with van der Waals surface area (Å²) in [5.41, 5.74) is 18.1. The molecule has 12 heteroatoms. The second-order valence-corrected chi connectivity index (χ2v) is 11.1. The largest absolute Gasteiger partial charge is 0.370 e. The molecule has 0 aliphatic heterocycles. The molecule has 0 radical (unpaired) electrons. The highest BCUT2D eigenvalue weighted by molar-refractivity contribution is 5.97. The van der Waals surface area contributed by atoms with Crippen molar-refractivity contribution < 1.29 is 19.2 Å². The lowest BCUT2D eigenvalue weighted by molar-refractivity contribution is -0.133. The molecule has 1 saturated carbocycles. The lowest BCUT2D eigenvalue weighted by atomic mass is 9.84. The van der Waals surface area contributed by atoms with E-state index in [1.807, 2.05) is 36.4 Å². The van der Waals surface area contributed by atoms with Crippen LogP contribution in [0.15, 0.2) is 65.9 Å². The number of amides is 4. The van der Waals surface area contributed by atoms with E-state index in [0.29, 0.717) is 12.8 Å². The van der Waals surface area contributed by atoms with Crippen molar-refractivity contribution in [1.29, 1.82) is 0 Å². The smallest absolute Gasteiger partial charge is 0.244 e. The Balaban J connectivity index is 1.75. The van der Waals surface area contributed by atoms with Crippen molar-refractivity contribution >= 4 is 35.7 Å². The molecule has 12 nitrogen and oxygen atoms in total. The summed E-state index contributed by atoms with van der Waals surface area (Å²) in [6.45, 7) is 0.243. The molecule has 3 atom stereocenters. The number of hydrogen-bond acceptors (Lipinski definition) is 6. The van der Waals surface area contributed by atoms with E-state index in [1.165, 1.54) is 6.08 Å². The van der Waals surface area contributed by atoms with Gasteiger partial charge in [0, 0.05) is 31.4 Å². The quantitative estimate of drug-likeness (QED) is 0.0715. The van der Waals surface area contributed by atoms with Crippen LogP contribution < -0.4 is 33.2 Å². The number of primary amides is 1. The van der Waals surface area contributed by atoms with E-state index in [9.17, 15) is 19.2 Å². The number of nitrogens with zero attached hydrogens (tertiary/aromatic N) is 2. The van der Waals surface area contributed by atoms with Crippen LogP contribution >= 0.6 is 0 Å². The van der Waals surface area contributed by atoms with Gasteiger partial charge in [-0.15, -0.1) is 0 Å². The van der Waals surface area contributed by atoms with Gasteiger partial charge in [-0.1, -0.05) is 68.5 Å². The third kappa shape index (κ3) is 12.2. The maximum Gasteiger partial charge on any atom is 0.244 e. The second kappa shape index (κ2) is 18.0. The molecule has 0 bridgehead atoms. The molecule has 1 heterocycles. The summed E-state index contributed by atoms with van der Waals surface area (Å²) in [7, 11) is 0. The monoisotopic (exact) mass is 604 g/mol. The van der Waals surface area contributed by atoms with Gasteiger partial charge in [-0.3, -0.25) is 29.2 Å². The van der Waals surface area contributed by atoms with Gasteiger partial charge in [-0.2, -0.15) is 0 Å². The minimum Gasteiger partial charge on any atom is -0.370 e. The van der Waals surface area contributed by atoms with Crippen molar-refractivity contribution in [2.45, 2.75) is 75.9 Å². The van der Waals surface area contributed by atoms with Crippen molar-refractivity contribution in [1.82, 2.24) is 20.9 Å². The molecule has 44 heavy (non-hydrogen) atoms. The number of aromatic nitrogens is 1. The van der Waals surface area contributed by atoms with E-state index in [2.05, 4.69) is 25.9 Å². The van der Waals surface area contributed by atoms with Gasteiger partial charge in [0.25, 0.3) is 0 Å². The summed E-state index contributed by atoms with van der Waals surface area (Å²) in [6.07, 6.45) is 12.7. The van der Waals surface area contributed by atoms with Gasteiger partial charge in [-0.05, 0) is 48.4 Å². The molecule has 2 aromatic rings. The SMILES string of the molecule is NC(=O)[C@H](Cc1ccccc1)NC(=O)[C@H](CCCN=C(N)N)NC(=O)[C@H](CC1CCCCC1)NC(=O)/C=C/c1cccnc1. The average molecular weight is 605 g/mol. The molecule has 0 saturated heterocycles. The average Bonchev–Trinajstić information content (AvgIpc) is 3.02. The molecule has 1 aliphatic rings. The van der Waals surface area contributed by atoms with Crippen LogP contribution in [0.5, 0.6) is 0 Å². The number of guanidine groups is 1. The van der Waals surface area contributed by atoms with Gasteiger partial charge in [-0.25, -0.2) is 0 Å². The Bertz CT molecular complexity index is 1280. The first-order valence-electron chi connectivity index (χ1n) is 15.1. The summed E-state index contributed by atoms with van der Waals surface area (Å²) >= 11 is 0. The molecule has 236 valence electrons. The van der Waals surface area contributed by atoms with Crippen LogP contribution in [0.2, 0.25) is 0 Å². The van der Waals surface area contributed by atoms with Gasteiger partial charge in [0.2, 0.25) is 23.6 Å². The molecule has 3 rings (SSSR count). The van der Waals surface area contributed by atoms with E-state index in [4.69, 9.17) is 17.2 Å². The number of aliphatic imine (C=N–C) groups is 1. The van der Waals surface area contributed by atoms with E-state index in [0.717, 1.165) is 43.2 Å². The van der Waals surface area contributed by atoms with E-state index >= 15 is 0 Å². The predicted molar refractivity (Wildman–Crippen MR) is 170 cm³/mol. The number of carbonyl (C=O) groups is 4. The molecule has 1 aromatic heterocycles. The highest BCUT2D eigenvalue weighted by Crippen LogP contribution is 2.27. The van der Waals surface area contributed by atoms with Crippen LogP contribution in [0, 0.1) is 5.92 Å². The Morgan fingerprint density at radius 1 is 0.886 bits per heavy atom. The van der Waals surface area contributed by atoms with Crippen molar-refractivity contribution in [3.63, 3.8) is 0 Å². The summed E-state index contributed by atoms with van der Waals surface area (Å²) in [6, 6.07) is 9.86. The van der Waals surface area contributed by atoms with Crippen LogP contribution in [0.25, 0.3) is 6.08 Å². The van der Waals surface area contributed by atoms with Gasteiger partial charge in [0.1, 0.15) is 18.1 Å². The van der Waals surface area contributed by atoms with Gasteiger partial charge in [0.15, 0.2) is 5.96 Å².